The van der Waals surface area contributed by atoms with Gasteiger partial charge in [0.1, 0.15) is 23.0 Å². The molecule has 0 aromatic heterocycles. The van der Waals surface area contributed by atoms with Gasteiger partial charge in [0.2, 0.25) is 0 Å². The van der Waals surface area contributed by atoms with Crippen LogP contribution in [0.3, 0.4) is 0 Å². The highest BCUT2D eigenvalue weighted by atomic mass is 16.5. The highest BCUT2D eigenvalue weighted by Crippen LogP contribution is 2.33. The summed E-state index contributed by atoms with van der Waals surface area (Å²) in [6.07, 6.45) is 3.98. The minimum absolute atomic E-state index is 0.793. The molecule has 0 amide bonds. The fourth-order valence-electron chi connectivity index (χ4n) is 2.75. The smallest absolute Gasteiger partial charge is 0.129 e. The maximum Gasteiger partial charge on any atom is 0.129 e. The van der Waals surface area contributed by atoms with Crippen LogP contribution in [0, 0.1) is 13.8 Å². The second kappa shape index (κ2) is 7.77. The molecule has 0 aliphatic carbocycles. The minimum atomic E-state index is 0.793. The quantitative estimate of drug-likeness (QED) is 0.731. The summed E-state index contributed by atoms with van der Waals surface area (Å²) in [5, 5.41) is 0. The van der Waals surface area contributed by atoms with Crippen molar-refractivity contribution in [2.75, 3.05) is 28.4 Å². The van der Waals surface area contributed by atoms with Gasteiger partial charge in [0, 0.05) is 11.1 Å². The highest BCUT2D eigenvalue weighted by Gasteiger charge is 2.10. The summed E-state index contributed by atoms with van der Waals surface area (Å²) in [6.45, 7) is 3.99. The van der Waals surface area contributed by atoms with Gasteiger partial charge in [-0.1, -0.05) is 12.2 Å². The van der Waals surface area contributed by atoms with E-state index < -0.39 is 0 Å². The Kier molecular flexibility index (Phi) is 5.74. The number of benzene rings is 2. The third kappa shape index (κ3) is 3.65. The van der Waals surface area contributed by atoms with E-state index in [9.17, 15) is 0 Å². The van der Waals surface area contributed by atoms with E-state index in [0.717, 1.165) is 45.3 Å². The van der Waals surface area contributed by atoms with Crippen molar-refractivity contribution in [2.24, 2.45) is 0 Å². The molecule has 128 valence electrons. The molecule has 4 heteroatoms. The molecule has 0 atom stereocenters. The van der Waals surface area contributed by atoms with E-state index in [1.807, 2.05) is 50.3 Å². The lowest BCUT2D eigenvalue weighted by molar-refractivity contribution is 0.399. The van der Waals surface area contributed by atoms with Gasteiger partial charge < -0.3 is 18.9 Å². The monoisotopic (exact) mass is 328 g/mol. The first-order valence-corrected chi connectivity index (χ1v) is 7.67. The molecule has 0 unspecified atom stereocenters. The van der Waals surface area contributed by atoms with Gasteiger partial charge in [-0.05, 0) is 49.2 Å². The normalized spacial score (nSPS) is 10.8. The minimum Gasteiger partial charge on any atom is -0.497 e. The molecule has 24 heavy (non-hydrogen) atoms. The first-order valence-electron chi connectivity index (χ1n) is 7.67. The predicted octanol–water partition coefficient (Wildman–Crippen LogP) is 4.51. The SMILES string of the molecule is COc1cc(C)c(OC)c(/C=C/c2cc(OC)cc(C)c2OC)c1. The van der Waals surface area contributed by atoms with Crippen LogP contribution in [0.15, 0.2) is 24.3 Å². The summed E-state index contributed by atoms with van der Waals surface area (Å²) in [4.78, 5) is 0. The van der Waals surface area contributed by atoms with Crippen LogP contribution in [0.2, 0.25) is 0 Å². The largest absolute Gasteiger partial charge is 0.497 e. The third-order valence-corrected chi connectivity index (χ3v) is 3.88. The number of ether oxygens (including phenoxy) is 4. The molecule has 0 saturated carbocycles. The van der Waals surface area contributed by atoms with Crippen molar-refractivity contribution in [3.8, 4) is 23.0 Å². The van der Waals surface area contributed by atoms with Crippen LogP contribution in [0.25, 0.3) is 12.2 Å². The molecule has 2 aromatic carbocycles. The van der Waals surface area contributed by atoms with Crippen LogP contribution >= 0.6 is 0 Å². The van der Waals surface area contributed by atoms with Gasteiger partial charge in [-0.25, -0.2) is 0 Å². The first-order chi connectivity index (χ1) is 11.5. The van der Waals surface area contributed by atoms with E-state index in [1.165, 1.54) is 0 Å². The Morgan fingerprint density at radius 3 is 1.25 bits per heavy atom. The average molecular weight is 328 g/mol. The fourth-order valence-corrected chi connectivity index (χ4v) is 2.75. The van der Waals surface area contributed by atoms with Crippen molar-refractivity contribution in [2.45, 2.75) is 13.8 Å². The molecule has 0 saturated heterocycles. The van der Waals surface area contributed by atoms with Crippen LogP contribution in [-0.2, 0) is 0 Å². The lowest BCUT2D eigenvalue weighted by Gasteiger charge is -2.13. The zero-order chi connectivity index (χ0) is 17.7. The van der Waals surface area contributed by atoms with E-state index >= 15 is 0 Å². The van der Waals surface area contributed by atoms with E-state index in [1.54, 1.807) is 28.4 Å². The second-order valence-corrected chi connectivity index (χ2v) is 5.47. The van der Waals surface area contributed by atoms with E-state index in [2.05, 4.69) is 0 Å². The second-order valence-electron chi connectivity index (χ2n) is 5.47. The molecule has 0 bridgehead atoms. The maximum absolute atomic E-state index is 5.53. The summed E-state index contributed by atoms with van der Waals surface area (Å²) >= 11 is 0. The predicted molar refractivity (Wildman–Crippen MR) is 97.5 cm³/mol. The number of hydrogen-bond donors (Lipinski definition) is 0. The Morgan fingerprint density at radius 1 is 0.583 bits per heavy atom. The molecule has 2 aromatic rings. The van der Waals surface area contributed by atoms with Crippen LogP contribution in [0.4, 0.5) is 0 Å². The van der Waals surface area contributed by atoms with Gasteiger partial charge in [0.05, 0.1) is 28.4 Å². The Labute approximate surface area is 143 Å². The molecular formula is C20H24O4. The molecule has 0 aliphatic heterocycles. The van der Waals surface area contributed by atoms with Crippen LogP contribution in [0.5, 0.6) is 23.0 Å². The van der Waals surface area contributed by atoms with E-state index in [0.29, 0.717) is 0 Å². The van der Waals surface area contributed by atoms with Crippen LogP contribution in [-0.4, -0.2) is 28.4 Å². The van der Waals surface area contributed by atoms with Crippen LogP contribution in [0.1, 0.15) is 22.3 Å². The number of aryl methyl sites for hydroxylation is 2. The standard InChI is InChI=1S/C20H24O4/c1-13-9-17(21-3)11-15(19(13)23-5)7-8-16-12-18(22-4)10-14(2)20(16)24-6/h7-12H,1-6H3/b8-7+. The molecule has 0 heterocycles. The molecule has 0 fully saturated rings. The Balaban J connectivity index is 2.51. The van der Waals surface area contributed by atoms with Gasteiger partial charge in [-0.2, -0.15) is 0 Å². The van der Waals surface area contributed by atoms with Gasteiger partial charge >= 0.3 is 0 Å². The first kappa shape index (κ1) is 17.7. The molecule has 0 aliphatic rings. The van der Waals surface area contributed by atoms with Crippen LogP contribution < -0.4 is 18.9 Å². The van der Waals surface area contributed by atoms with Gasteiger partial charge in [0.15, 0.2) is 0 Å². The van der Waals surface area contributed by atoms with Crippen molar-refractivity contribution in [1.82, 2.24) is 0 Å². The zero-order valence-electron chi connectivity index (χ0n) is 15.1. The lowest BCUT2D eigenvalue weighted by atomic mass is 10.0. The van der Waals surface area contributed by atoms with Crippen molar-refractivity contribution >= 4 is 12.2 Å². The molecule has 0 spiro atoms. The van der Waals surface area contributed by atoms with Gasteiger partial charge in [0.25, 0.3) is 0 Å². The lowest BCUT2D eigenvalue weighted by Crippen LogP contribution is -1.94. The Morgan fingerprint density at radius 2 is 0.958 bits per heavy atom. The average Bonchev–Trinajstić information content (AvgIpc) is 2.58. The molecule has 4 nitrogen and oxygen atoms in total. The Bertz CT molecular complexity index is 684. The molecular weight excluding hydrogens is 304 g/mol. The van der Waals surface area contributed by atoms with Crippen molar-refractivity contribution in [3.05, 3.63) is 46.5 Å². The highest BCUT2D eigenvalue weighted by molar-refractivity contribution is 5.77. The fraction of sp³-hybridized carbons (Fsp3) is 0.300. The van der Waals surface area contributed by atoms with Crippen molar-refractivity contribution < 1.29 is 18.9 Å². The van der Waals surface area contributed by atoms with Gasteiger partial charge in [-0.15, -0.1) is 0 Å². The summed E-state index contributed by atoms with van der Waals surface area (Å²) in [5.41, 5.74) is 3.92. The molecule has 0 radical (unpaired) electrons. The summed E-state index contributed by atoms with van der Waals surface area (Å²) < 4.78 is 21.8. The summed E-state index contributed by atoms with van der Waals surface area (Å²) in [7, 11) is 6.65. The summed E-state index contributed by atoms with van der Waals surface area (Å²) in [5.74, 6) is 3.24. The zero-order valence-corrected chi connectivity index (χ0v) is 15.1. The van der Waals surface area contributed by atoms with Gasteiger partial charge in [-0.3, -0.25) is 0 Å². The Hall–Kier alpha value is -2.62. The van der Waals surface area contributed by atoms with E-state index in [-0.39, 0.29) is 0 Å². The van der Waals surface area contributed by atoms with E-state index in [4.69, 9.17) is 18.9 Å². The molecule has 2 rings (SSSR count). The third-order valence-electron chi connectivity index (χ3n) is 3.88. The maximum atomic E-state index is 5.53. The van der Waals surface area contributed by atoms with Crippen molar-refractivity contribution in [3.63, 3.8) is 0 Å². The number of methoxy groups -OCH3 is 4. The summed E-state index contributed by atoms with van der Waals surface area (Å²) in [6, 6.07) is 7.79. The number of hydrogen-bond acceptors (Lipinski definition) is 4. The topological polar surface area (TPSA) is 36.9 Å². The number of rotatable bonds is 6. The van der Waals surface area contributed by atoms with Crippen molar-refractivity contribution in [1.29, 1.82) is 0 Å². The molecule has 0 N–H and O–H groups in total.